The number of nitrogens with zero attached hydrogens (tertiary/aromatic N) is 4. The third-order valence-corrected chi connectivity index (χ3v) is 13.8. The van der Waals surface area contributed by atoms with Gasteiger partial charge in [0.25, 0.3) is 0 Å². The summed E-state index contributed by atoms with van der Waals surface area (Å²) in [5, 5.41) is 0. The van der Waals surface area contributed by atoms with E-state index in [0.29, 0.717) is 0 Å². The summed E-state index contributed by atoms with van der Waals surface area (Å²) in [4.78, 5) is 17.0. The van der Waals surface area contributed by atoms with Gasteiger partial charge in [-0.1, -0.05) is 77.0 Å². The summed E-state index contributed by atoms with van der Waals surface area (Å²) in [5.41, 5.74) is 0.572. The molecule has 4 nitrogen and oxygen atoms in total. The van der Waals surface area contributed by atoms with Crippen molar-refractivity contribution in [1.29, 1.82) is 0 Å². The topological polar surface area (TPSA) is 31.2 Å². The van der Waals surface area contributed by atoms with Crippen LogP contribution in [0.2, 0.25) is 0 Å². The van der Waals surface area contributed by atoms with Crippen molar-refractivity contribution in [3.8, 4) is 0 Å². The van der Waals surface area contributed by atoms with Gasteiger partial charge in [-0.2, -0.15) is 0 Å². The Balaban J connectivity index is 1.25. The summed E-state index contributed by atoms with van der Waals surface area (Å²) >= 11 is 0. The lowest BCUT2D eigenvalue weighted by atomic mass is 9.43. The van der Waals surface area contributed by atoms with Crippen LogP contribution < -0.4 is 0 Å². The third kappa shape index (κ3) is 5.50. The Morgan fingerprint density at radius 1 is 0.452 bits per heavy atom. The second-order valence-corrected chi connectivity index (χ2v) is 16.6. The highest BCUT2D eigenvalue weighted by Gasteiger charge is 2.63. The molecule has 0 radical (unpaired) electrons. The molecule has 0 aromatic carbocycles. The van der Waals surface area contributed by atoms with Crippen LogP contribution in [0.15, 0.2) is 9.98 Å². The standard InChI is InChI=1S/C38H64N4/c1-39-35(41(31-15-7-3-8-16-31)32-17-9-4-10-18-32)37-24-29-23-30(25-37)27-38(26-29,28-37)36(40-2)42(33-19-11-5-12-20-33)34-21-13-6-14-22-34/h29-34H,3-28H2,1-2H3. The summed E-state index contributed by atoms with van der Waals surface area (Å²) in [6.45, 7) is 0. The molecule has 4 heteroatoms. The molecule has 8 aliphatic rings. The van der Waals surface area contributed by atoms with Gasteiger partial charge in [0.1, 0.15) is 11.7 Å². The van der Waals surface area contributed by atoms with E-state index in [0.717, 1.165) is 36.0 Å². The molecule has 8 aliphatic carbocycles. The monoisotopic (exact) mass is 577 g/mol. The summed E-state index contributed by atoms with van der Waals surface area (Å²) in [6, 6.07) is 2.96. The van der Waals surface area contributed by atoms with E-state index in [1.807, 2.05) is 0 Å². The minimum Gasteiger partial charge on any atom is -0.354 e. The highest BCUT2D eigenvalue weighted by molar-refractivity contribution is 5.94. The largest absolute Gasteiger partial charge is 0.354 e. The minimum absolute atomic E-state index is 0.286. The zero-order valence-corrected chi connectivity index (χ0v) is 27.6. The molecule has 236 valence electrons. The van der Waals surface area contributed by atoms with E-state index >= 15 is 0 Å². The van der Waals surface area contributed by atoms with Crippen LogP contribution in [0.1, 0.15) is 167 Å². The molecule has 0 saturated heterocycles. The van der Waals surface area contributed by atoms with Gasteiger partial charge in [-0.15, -0.1) is 0 Å². The van der Waals surface area contributed by atoms with Gasteiger partial charge in [0.2, 0.25) is 0 Å². The Morgan fingerprint density at radius 3 is 1.00 bits per heavy atom. The Labute approximate surface area is 259 Å². The molecule has 0 unspecified atom stereocenters. The predicted molar refractivity (Wildman–Crippen MR) is 177 cm³/mol. The molecule has 8 fully saturated rings. The SMILES string of the molecule is CN=C(N(C1CCCCC1)C1CCCCC1)C12CC3CC(C1)CC(C(=NC)N(C1CCCCC1)C1CCCCC1)(C3)C2. The third-order valence-electron chi connectivity index (χ3n) is 13.8. The molecule has 0 spiro atoms. The molecule has 0 amide bonds. The van der Waals surface area contributed by atoms with Gasteiger partial charge in [-0.05, 0) is 102 Å². The maximum atomic E-state index is 5.46. The Bertz CT molecular complexity index is 836. The number of rotatable bonds is 6. The number of aliphatic imine (C=N–C) groups is 2. The normalized spacial score (nSPS) is 37.8. The fourth-order valence-corrected chi connectivity index (χ4v) is 12.8. The summed E-state index contributed by atoms with van der Waals surface area (Å²) in [7, 11) is 4.40. The van der Waals surface area contributed by atoms with Crippen LogP contribution in [-0.2, 0) is 0 Å². The lowest BCUT2D eigenvalue weighted by molar-refractivity contribution is -0.0589. The summed E-state index contributed by atoms with van der Waals surface area (Å²) in [5.74, 6) is 4.94. The first-order chi connectivity index (χ1) is 20.6. The van der Waals surface area contributed by atoms with E-state index in [2.05, 4.69) is 23.9 Å². The quantitative estimate of drug-likeness (QED) is 0.233. The van der Waals surface area contributed by atoms with Crippen molar-refractivity contribution in [1.82, 2.24) is 9.80 Å². The molecule has 4 bridgehead atoms. The van der Waals surface area contributed by atoms with E-state index in [-0.39, 0.29) is 10.8 Å². The van der Waals surface area contributed by atoms with Crippen LogP contribution >= 0.6 is 0 Å². The van der Waals surface area contributed by atoms with E-state index in [9.17, 15) is 0 Å². The lowest BCUT2D eigenvalue weighted by Crippen LogP contribution is -2.65. The van der Waals surface area contributed by atoms with Crippen molar-refractivity contribution in [2.45, 2.75) is 191 Å². The summed E-state index contributed by atoms with van der Waals surface area (Å²) in [6.07, 6.45) is 36.9. The van der Waals surface area contributed by atoms with Crippen LogP contribution in [0.3, 0.4) is 0 Å². The Kier molecular flexibility index (Phi) is 8.99. The van der Waals surface area contributed by atoms with Crippen molar-refractivity contribution < 1.29 is 0 Å². The molecule has 8 saturated carbocycles. The van der Waals surface area contributed by atoms with Crippen molar-refractivity contribution >= 4 is 11.7 Å². The first-order valence-electron chi connectivity index (χ1n) is 19.2. The Hall–Kier alpha value is -1.06. The van der Waals surface area contributed by atoms with Crippen molar-refractivity contribution in [2.24, 2.45) is 32.7 Å². The smallest absolute Gasteiger partial charge is 0.105 e. The van der Waals surface area contributed by atoms with Gasteiger partial charge in [-0.3, -0.25) is 9.98 Å². The van der Waals surface area contributed by atoms with Crippen molar-refractivity contribution in [2.75, 3.05) is 14.1 Å². The fraction of sp³-hybridized carbons (Fsp3) is 0.947. The molecule has 8 rings (SSSR count). The van der Waals surface area contributed by atoms with Gasteiger partial charge in [0.05, 0.1) is 0 Å². The Morgan fingerprint density at radius 2 is 0.738 bits per heavy atom. The van der Waals surface area contributed by atoms with Crippen molar-refractivity contribution in [3.05, 3.63) is 0 Å². The number of hydrogen-bond donors (Lipinski definition) is 0. The molecule has 42 heavy (non-hydrogen) atoms. The molecule has 0 N–H and O–H groups in total. The summed E-state index contributed by atoms with van der Waals surface area (Å²) < 4.78 is 0. The van der Waals surface area contributed by atoms with Crippen molar-refractivity contribution in [3.63, 3.8) is 0 Å². The van der Waals surface area contributed by atoms with Gasteiger partial charge >= 0.3 is 0 Å². The van der Waals surface area contributed by atoms with Gasteiger partial charge in [0.15, 0.2) is 0 Å². The van der Waals surface area contributed by atoms with Crippen LogP contribution in [-0.4, -0.2) is 59.7 Å². The first-order valence-corrected chi connectivity index (χ1v) is 19.2. The van der Waals surface area contributed by atoms with Gasteiger partial charge in [-0.25, -0.2) is 0 Å². The van der Waals surface area contributed by atoms with E-state index in [1.165, 1.54) is 167 Å². The van der Waals surface area contributed by atoms with Gasteiger partial charge < -0.3 is 9.80 Å². The molecule has 0 atom stereocenters. The van der Waals surface area contributed by atoms with Gasteiger partial charge in [0, 0.05) is 49.1 Å². The molecule has 0 aromatic rings. The number of hydrogen-bond acceptors (Lipinski definition) is 2. The molecule has 0 aromatic heterocycles. The molecule has 0 aliphatic heterocycles. The molecule has 0 heterocycles. The lowest BCUT2D eigenvalue weighted by Gasteiger charge is -2.65. The van der Waals surface area contributed by atoms with Crippen LogP contribution in [0.4, 0.5) is 0 Å². The molecular weight excluding hydrogens is 512 g/mol. The number of amidine groups is 2. The van der Waals surface area contributed by atoms with Crippen LogP contribution in [0.25, 0.3) is 0 Å². The zero-order chi connectivity index (χ0) is 28.6. The van der Waals surface area contributed by atoms with Crippen LogP contribution in [0, 0.1) is 22.7 Å². The fourth-order valence-electron chi connectivity index (χ4n) is 12.8. The second-order valence-electron chi connectivity index (χ2n) is 16.6. The average molecular weight is 577 g/mol. The maximum Gasteiger partial charge on any atom is 0.105 e. The van der Waals surface area contributed by atoms with Crippen LogP contribution in [0.5, 0.6) is 0 Å². The first kappa shape index (κ1) is 29.6. The molecular formula is C38H64N4. The highest BCUT2D eigenvalue weighted by Crippen LogP contribution is 2.67. The maximum absolute atomic E-state index is 5.46. The second kappa shape index (κ2) is 12.7. The average Bonchev–Trinajstić information content (AvgIpc) is 3.03. The highest BCUT2D eigenvalue weighted by atomic mass is 15.3. The van der Waals surface area contributed by atoms with E-state index < -0.39 is 0 Å². The predicted octanol–water partition coefficient (Wildman–Crippen LogP) is 9.56. The van der Waals surface area contributed by atoms with E-state index in [1.54, 1.807) is 11.7 Å². The zero-order valence-electron chi connectivity index (χ0n) is 27.6. The minimum atomic E-state index is 0.286. The van der Waals surface area contributed by atoms with E-state index in [4.69, 9.17) is 9.98 Å².